The molecule has 1 aromatic carbocycles. The predicted octanol–water partition coefficient (Wildman–Crippen LogP) is 2.17. The van der Waals surface area contributed by atoms with Crippen molar-refractivity contribution in [1.82, 2.24) is 5.32 Å². The molecule has 0 radical (unpaired) electrons. The van der Waals surface area contributed by atoms with Gasteiger partial charge in [-0.2, -0.15) is 14.0 Å². The van der Waals surface area contributed by atoms with E-state index in [1.54, 1.807) is 0 Å². The van der Waals surface area contributed by atoms with Gasteiger partial charge in [0.05, 0.1) is 22.6 Å². The van der Waals surface area contributed by atoms with Crippen LogP contribution in [-0.2, 0) is 20.1 Å². The van der Waals surface area contributed by atoms with Crippen LogP contribution in [0.3, 0.4) is 0 Å². The molecule has 14 heteroatoms. The lowest BCUT2D eigenvalue weighted by atomic mass is 10.1. The predicted molar refractivity (Wildman–Crippen MR) is 106 cm³/mol. The third kappa shape index (κ3) is 4.96. The molecule has 0 spiro atoms. The number of alkyl halides is 2. The van der Waals surface area contributed by atoms with E-state index in [4.69, 9.17) is 14.5 Å². The van der Waals surface area contributed by atoms with Gasteiger partial charge in [-0.1, -0.05) is 0 Å². The highest BCUT2D eigenvalue weighted by molar-refractivity contribution is 7.90. The van der Waals surface area contributed by atoms with E-state index in [9.17, 15) is 31.8 Å². The van der Waals surface area contributed by atoms with Gasteiger partial charge < -0.3 is 19.8 Å². The number of fused-ring (bicyclic) bond motifs is 1. The third-order valence-electron chi connectivity index (χ3n) is 3.91. The number of amides is 1. The van der Waals surface area contributed by atoms with Crippen LogP contribution in [0, 0.1) is 11.3 Å². The standard InChI is InChI=1S/C16H17F2N2O7PS2/c1-20-15(21)9-6-10-11(8-19)14(16(17,18)28(22,23)24)29-13(10)12(7-9)27-4-3-5-30(2,25)26/h6-7H,3-5H2,1-2H3,(H,20,21)(H2,22,23,24). The minimum Gasteiger partial charge on any atom is -0.492 e. The summed E-state index contributed by atoms with van der Waals surface area (Å²) in [5.74, 6) is -0.897. The summed E-state index contributed by atoms with van der Waals surface area (Å²) in [6.45, 7) is -0.136. The van der Waals surface area contributed by atoms with Gasteiger partial charge in [0.15, 0.2) is 0 Å². The fourth-order valence-corrected chi connectivity index (χ4v) is 5.10. The zero-order valence-corrected chi connectivity index (χ0v) is 18.2. The van der Waals surface area contributed by atoms with Crippen molar-refractivity contribution >= 4 is 44.8 Å². The summed E-state index contributed by atoms with van der Waals surface area (Å²) >= 11 is 0.261. The number of benzene rings is 1. The van der Waals surface area contributed by atoms with Gasteiger partial charge in [0.25, 0.3) is 5.91 Å². The summed E-state index contributed by atoms with van der Waals surface area (Å²) in [6.07, 6.45) is 1.11. The number of ether oxygens (including phenoxy) is 1. The molecular weight excluding hydrogens is 465 g/mol. The highest BCUT2D eigenvalue weighted by Gasteiger charge is 2.53. The van der Waals surface area contributed by atoms with Crippen LogP contribution in [0.4, 0.5) is 8.78 Å². The first-order valence-electron chi connectivity index (χ1n) is 8.20. The van der Waals surface area contributed by atoms with Gasteiger partial charge in [-0.25, -0.2) is 8.42 Å². The molecule has 0 aliphatic carbocycles. The molecule has 9 nitrogen and oxygen atoms in total. The topological polar surface area (TPSA) is 154 Å². The van der Waals surface area contributed by atoms with E-state index in [2.05, 4.69) is 5.32 Å². The lowest BCUT2D eigenvalue weighted by Gasteiger charge is -2.16. The summed E-state index contributed by atoms with van der Waals surface area (Å²) < 4.78 is 67.9. The Kier molecular flexibility index (Phi) is 6.90. The summed E-state index contributed by atoms with van der Waals surface area (Å²) in [5, 5.41) is 11.6. The molecule has 0 fully saturated rings. The summed E-state index contributed by atoms with van der Waals surface area (Å²) in [5.41, 5.74) is -5.35. The van der Waals surface area contributed by atoms with Gasteiger partial charge in [-0.15, -0.1) is 11.3 Å². The average molecular weight is 482 g/mol. The molecule has 3 N–H and O–H groups in total. The minimum atomic E-state index is -5.94. The van der Waals surface area contributed by atoms with Gasteiger partial charge in [0, 0.05) is 24.3 Å². The lowest BCUT2D eigenvalue weighted by molar-refractivity contribution is 0.0599. The van der Waals surface area contributed by atoms with Crippen molar-refractivity contribution in [2.45, 2.75) is 12.1 Å². The zero-order valence-electron chi connectivity index (χ0n) is 15.7. The van der Waals surface area contributed by atoms with Crippen LogP contribution in [0.1, 0.15) is 27.2 Å². The first-order valence-corrected chi connectivity index (χ1v) is 12.7. The second kappa shape index (κ2) is 8.56. The number of hydrogen-bond donors (Lipinski definition) is 3. The Morgan fingerprint density at radius 3 is 2.53 bits per heavy atom. The molecule has 164 valence electrons. The highest BCUT2D eigenvalue weighted by atomic mass is 32.2. The Morgan fingerprint density at radius 2 is 2.03 bits per heavy atom. The molecule has 30 heavy (non-hydrogen) atoms. The molecule has 0 saturated carbocycles. The molecule has 0 saturated heterocycles. The normalized spacial score (nSPS) is 12.6. The third-order valence-corrected chi connectivity index (χ3v) is 7.34. The maximum absolute atomic E-state index is 14.4. The SMILES string of the molecule is CNC(=O)c1cc(OCCCS(C)(=O)=O)c2sc(C(F)(F)P(=O)(O)O)c(C#N)c2c1. The molecular formula is C16H17F2N2O7PS2. The smallest absolute Gasteiger partial charge is 0.400 e. The number of nitrogens with one attached hydrogen (secondary N) is 1. The molecule has 2 aromatic rings. The first kappa shape index (κ1) is 24.2. The van der Waals surface area contributed by atoms with Gasteiger partial charge >= 0.3 is 13.3 Å². The number of hydrogen-bond acceptors (Lipinski definition) is 7. The molecule has 0 atom stereocenters. The maximum Gasteiger partial charge on any atom is 0.400 e. The van der Waals surface area contributed by atoms with Crippen molar-refractivity contribution in [1.29, 1.82) is 5.26 Å². The molecule has 1 amide bonds. The molecule has 2 rings (SSSR count). The first-order chi connectivity index (χ1) is 13.7. The zero-order chi connectivity index (χ0) is 22.9. The van der Waals surface area contributed by atoms with Crippen LogP contribution in [0.15, 0.2) is 12.1 Å². The summed E-state index contributed by atoms with van der Waals surface area (Å²) in [4.78, 5) is 29.0. The largest absolute Gasteiger partial charge is 0.492 e. The molecule has 0 aliphatic heterocycles. The Balaban J connectivity index is 2.66. The maximum atomic E-state index is 14.4. The van der Waals surface area contributed by atoms with Crippen molar-refractivity contribution in [3.63, 3.8) is 0 Å². The number of nitrogens with zero attached hydrogens (tertiary/aromatic N) is 1. The number of carbonyl (C=O) groups excluding carboxylic acids is 1. The number of thiophene rings is 1. The number of sulfone groups is 1. The Bertz CT molecular complexity index is 1180. The average Bonchev–Trinajstić information content (AvgIpc) is 3.01. The Morgan fingerprint density at radius 1 is 1.40 bits per heavy atom. The Labute approximate surface area is 174 Å². The fraction of sp³-hybridized carbons (Fsp3) is 0.375. The van der Waals surface area contributed by atoms with Gasteiger partial charge in [0.2, 0.25) is 0 Å². The lowest BCUT2D eigenvalue weighted by Crippen LogP contribution is -2.18. The van der Waals surface area contributed by atoms with E-state index in [1.807, 2.05) is 0 Å². The molecule has 0 unspecified atom stereocenters. The van der Waals surface area contributed by atoms with Crippen LogP contribution >= 0.6 is 18.9 Å². The van der Waals surface area contributed by atoms with Crippen molar-refractivity contribution in [3.05, 3.63) is 28.1 Å². The van der Waals surface area contributed by atoms with Gasteiger partial charge in [-0.3, -0.25) is 9.36 Å². The molecule has 1 heterocycles. The summed E-state index contributed by atoms with van der Waals surface area (Å²) in [7, 11) is -7.88. The quantitative estimate of drug-likeness (QED) is 0.382. The second-order valence-electron chi connectivity index (χ2n) is 6.27. The van der Waals surface area contributed by atoms with E-state index in [-0.39, 0.29) is 51.5 Å². The van der Waals surface area contributed by atoms with Crippen molar-refractivity contribution in [3.8, 4) is 11.8 Å². The van der Waals surface area contributed by atoms with Gasteiger partial charge in [0.1, 0.15) is 26.5 Å². The van der Waals surface area contributed by atoms with Crippen molar-refractivity contribution < 1.29 is 41.1 Å². The highest BCUT2D eigenvalue weighted by Crippen LogP contribution is 2.62. The number of rotatable bonds is 8. The van der Waals surface area contributed by atoms with Crippen molar-refractivity contribution in [2.24, 2.45) is 0 Å². The van der Waals surface area contributed by atoms with Crippen LogP contribution in [0.25, 0.3) is 10.1 Å². The van der Waals surface area contributed by atoms with Gasteiger partial charge in [-0.05, 0) is 18.6 Å². The minimum absolute atomic E-state index is 0.0262. The monoisotopic (exact) mass is 482 g/mol. The van der Waals surface area contributed by atoms with Crippen molar-refractivity contribution in [2.75, 3.05) is 25.7 Å². The van der Waals surface area contributed by atoms with Crippen LogP contribution in [-0.4, -0.2) is 49.8 Å². The van der Waals surface area contributed by atoms with Crippen LogP contribution in [0.5, 0.6) is 5.75 Å². The fourth-order valence-electron chi connectivity index (χ4n) is 2.51. The second-order valence-corrected chi connectivity index (χ2v) is 11.2. The van der Waals surface area contributed by atoms with Crippen LogP contribution < -0.4 is 10.1 Å². The molecule has 0 aliphatic rings. The van der Waals surface area contributed by atoms with E-state index in [0.29, 0.717) is 0 Å². The molecule has 0 bridgehead atoms. The number of nitriles is 1. The van der Waals surface area contributed by atoms with E-state index in [1.165, 1.54) is 19.2 Å². The van der Waals surface area contributed by atoms with E-state index in [0.717, 1.165) is 12.3 Å². The van der Waals surface area contributed by atoms with E-state index < -0.39 is 39.4 Å². The molecule has 1 aromatic heterocycles. The number of carbonyl (C=O) groups is 1. The Hall–Kier alpha value is -2.10. The summed E-state index contributed by atoms with van der Waals surface area (Å²) in [6, 6.07) is 3.88. The van der Waals surface area contributed by atoms with E-state index >= 15 is 0 Å². The van der Waals surface area contributed by atoms with Crippen LogP contribution in [0.2, 0.25) is 0 Å². The number of halogens is 2.